The van der Waals surface area contributed by atoms with Crippen molar-refractivity contribution < 1.29 is 14.4 Å². The van der Waals surface area contributed by atoms with Crippen molar-refractivity contribution in [3.05, 3.63) is 99.8 Å². The molecule has 0 heterocycles. The first-order chi connectivity index (χ1) is 12.6. The summed E-state index contributed by atoms with van der Waals surface area (Å²) in [5.41, 5.74) is 3.38. The van der Waals surface area contributed by atoms with Gasteiger partial charge in [-0.1, -0.05) is 58.4 Å². The van der Waals surface area contributed by atoms with Crippen LogP contribution in [0.3, 0.4) is 0 Å². The average molecular weight is 415 g/mol. The molecule has 0 saturated heterocycles. The standard InChI is InChI=1S/C22H21BrFNO/c1-16(18-5-3-2-4-6-18)25-14-19-13-20(23)9-12-22(19)26-15-17-7-10-21(24)11-8-17/h2-13,16,25H,14-15H2,1H3/p+1/t16-/m0/s1. The first kappa shape index (κ1) is 18.6. The number of ether oxygens (including phenoxy) is 1. The Kier molecular flexibility index (Phi) is 6.42. The largest absolute Gasteiger partial charge is 0.488 e. The maximum atomic E-state index is 13.0. The van der Waals surface area contributed by atoms with E-state index in [0.717, 1.165) is 27.9 Å². The van der Waals surface area contributed by atoms with Gasteiger partial charge in [-0.05, 0) is 42.8 Å². The number of quaternary nitrogens is 1. The van der Waals surface area contributed by atoms with Gasteiger partial charge in [-0.15, -0.1) is 0 Å². The number of hydrogen-bond acceptors (Lipinski definition) is 1. The maximum absolute atomic E-state index is 13.0. The molecular formula is C22H22BrFNO+. The third kappa shape index (κ3) is 5.16. The van der Waals surface area contributed by atoms with E-state index in [0.29, 0.717) is 12.6 Å². The highest BCUT2D eigenvalue weighted by Crippen LogP contribution is 2.24. The molecule has 3 rings (SSSR count). The summed E-state index contributed by atoms with van der Waals surface area (Å²) in [5.74, 6) is 0.622. The van der Waals surface area contributed by atoms with Crippen LogP contribution < -0.4 is 10.1 Å². The molecule has 2 nitrogen and oxygen atoms in total. The highest BCUT2D eigenvalue weighted by molar-refractivity contribution is 9.10. The normalized spacial score (nSPS) is 12.0. The lowest BCUT2D eigenvalue weighted by Gasteiger charge is -2.15. The van der Waals surface area contributed by atoms with E-state index in [-0.39, 0.29) is 5.82 Å². The van der Waals surface area contributed by atoms with Gasteiger partial charge in [0, 0.05) is 15.6 Å². The second-order valence-corrected chi connectivity index (χ2v) is 7.22. The van der Waals surface area contributed by atoms with Crippen LogP contribution in [0.2, 0.25) is 0 Å². The number of benzene rings is 3. The van der Waals surface area contributed by atoms with Crippen molar-refractivity contribution in [3.63, 3.8) is 0 Å². The lowest BCUT2D eigenvalue weighted by atomic mass is 10.1. The third-order valence-corrected chi connectivity index (χ3v) is 4.84. The first-order valence-corrected chi connectivity index (χ1v) is 9.45. The summed E-state index contributed by atoms with van der Waals surface area (Å²) in [6, 6.07) is 23.3. The Bertz CT molecular complexity index is 837. The molecule has 3 aromatic rings. The van der Waals surface area contributed by atoms with E-state index in [1.54, 1.807) is 12.1 Å². The van der Waals surface area contributed by atoms with Gasteiger partial charge >= 0.3 is 0 Å². The zero-order chi connectivity index (χ0) is 18.4. The SMILES string of the molecule is C[C@H]([NH2+]Cc1cc(Br)ccc1OCc1ccc(F)cc1)c1ccccc1. The summed E-state index contributed by atoms with van der Waals surface area (Å²) in [7, 11) is 0. The van der Waals surface area contributed by atoms with Crippen LogP contribution >= 0.6 is 15.9 Å². The van der Waals surface area contributed by atoms with E-state index < -0.39 is 0 Å². The molecule has 0 aliphatic rings. The van der Waals surface area contributed by atoms with Crippen molar-refractivity contribution in [2.75, 3.05) is 0 Å². The number of nitrogens with two attached hydrogens (primary N) is 1. The minimum Gasteiger partial charge on any atom is -0.488 e. The number of rotatable bonds is 7. The molecule has 0 aromatic heterocycles. The highest BCUT2D eigenvalue weighted by atomic mass is 79.9. The van der Waals surface area contributed by atoms with Crippen LogP contribution in [-0.4, -0.2) is 0 Å². The fourth-order valence-electron chi connectivity index (χ4n) is 2.79. The summed E-state index contributed by atoms with van der Waals surface area (Å²) in [6.07, 6.45) is 0. The van der Waals surface area contributed by atoms with E-state index >= 15 is 0 Å². The molecule has 0 saturated carbocycles. The maximum Gasteiger partial charge on any atom is 0.128 e. The second-order valence-electron chi connectivity index (χ2n) is 6.31. The Morgan fingerprint density at radius 2 is 1.73 bits per heavy atom. The third-order valence-electron chi connectivity index (χ3n) is 4.35. The fraction of sp³-hybridized carbons (Fsp3) is 0.182. The molecule has 1 atom stereocenters. The first-order valence-electron chi connectivity index (χ1n) is 8.66. The van der Waals surface area contributed by atoms with Crippen LogP contribution in [0.4, 0.5) is 4.39 Å². The van der Waals surface area contributed by atoms with E-state index in [4.69, 9.17) is 4.74 Å². The highest BCUT2D eigenvalue weighted by Gasteiger charge is 2.12. The Morgan fingerprint density at radius 3 is 2.46 bits per heavy atom. The van der Waals surface area contributed by atoms with E-state index in [2.05, 4.69) is 58.5 Å². The second kappa shape index (κ2) is 8.97. The van der Waals surface area contributed by atoms with Crippen LogP contribution in [-0.2, 0) is 13.2 Å². The van der Waals surface area contributed by atoms with Gasteiger partial charge in [0.2, 0.25) is 0 Å². The lowest BCUT2D eigenvalue weighted by Crippen LogP contribution is -2.83. The van der Waals surface area contributed by atoms with Crippen molar-refractivity contribution in [1.82, 2.24) is 0 Å². The van der Waals surface area contributed by atoms with Crippen LogP contribution in [0, 0.1) is 5.82 Å². The van der Waals surface area contributed by atoms with Gasteiger partial charge in [0.25, 0.3) is 0 Å². The molecule has 0 unspecified atom stereocenters. The zero-order valence-corrected chi connectivity index (χ0v) is 16.2. The van der Waals surface area contributed by atoms with E-state index in [9.17, 15) is 4.39 Å². The van der Waals surface area contributed by atoms with Crippen molar-refractivity contribution in [2.24, 2.45) is 0 Å². The Hall–Kier alpha value is -2.17. The number of halogens is 2. The van der Waals surface area contributed by atoms with Gasteiger partial charge in [-0.2, -0.15) is 0 Å². The van der Waals surface area contributed by atoms with Gasteiger partial charge in [-0.25, -0.2) is 4.39 Å². The van der Waals surface area contributed by atoms with E-state index in [1.807, 2.05) is 18.2 Å². The van der Waals surface area contributed by atoms with Crippen molar-refractivity contribution in [3.8, 4) is 5.75 Å². The smallest absolute Gasteiger partial charge is 0.128 e. The Labute approximate surface area is 162 Å². The summed E-state index contributed by atoms with van der Waals surface area (Å²) in [5, 5.41) is 2.29. The molecule has 0 aliphatic heterocycles. The molecule has 0 spiro atoms. The molecule has 2 N–H and O–H groups in total. The van der Waals surface area contributed by atoms with E-state index in [1.165, 1.54) is 17.7 Å². The van der Waals surface area contributed by atoms with Gasteiger partial charge in [0.05, 0.1) is 0 Å². The Balaban J connectivity index is 1.66. The minimum absolute atomic E-state index is 0.234. The molecule has 0 fully saturated rings. The molecule has 26 heavy (non-hydrogen) atoms. The van der Waals surface area contributed by atoms with Gasteiger partial charge in [0.15, 0.2) is 0 Å². The molecular weight excluding hydrogens is 393 g/mol. The van der Waals surface area contributed by atoms with Crippen LogP contribution in [0.25, 0.3) is 0 Å². The molecule has 134 valence electrons. The average Bonchev–Trinajstić information content (AvgIpc) is 2.67. The predicted molar refractivity (Wildman–Crippen MR) is 105 cm³/mol. The van der Waals surface area contributed by atoms with Crippen molar-refractivity contribution in [2.45, 2.75) is 26.1 Å². The molecule has 0 radical (unpaired) electrons. The molecule has 4 heteroatoms. The van der Waals surface area contributed by atoms with Crippen LogP contribution in [0.15, 0.2) is 77.3 Å². The quantitative estimate of drug-likeness (QED) is 0.578. The lowest BCUT2D eigenvalue weighted by molar-refractivity contribution is -0.708. The summed E-state index contributed by atoms with van der Waals surface area (Å²) < 4.78 is 20.0. The summed E-state index contributed by atoms with van der Waals surface area (Å²) in [6.45, 7) is 3.43. The zero-order valence-electron chi connectivity index (χ0n) is 14.7. The van der Waals surface area contributed by atoms with Crippen LogP contribution in [0.5, 0.6) is 5.75 Å². The van der Waals surface area contributed by atoms with Crippen molar-refractivity contribution >= 4 is 15.9 Å². The molecule has 0 amide bonds. The predicted octanol–water partition coefficient (Wildman–Crippen LogP) is 4.99. The Morgan fingerprint density at radius 1 is 1.00 bits per heavy atom. The molecule has 3 aromatic carbocycles. The fourth-order valence-corrected chi connectivity index (χ4v) is 3.19. The van der Waals surface area contributed by atoms with Crippen LogP contribution in [0.1, 0.15) is 29.7 Å². The van der Waals surface area contributed by atoms with Gasteiger partial charge in [0.1, 0.15) is 30.8 Å². The summed E-state index contributed by atoms with van der Waals surface area (Å²) >= 11 is 3.54. The number of hydrogen-bond donors (Lipinski definition) is 1. The van der Waals surface area contributed by atoms with Gasteiger partial charge < -0.3 is 10.1 Å². The summed E-state index contributed by atoms with van der Waals surface area (Å²) in [4.78, 5) is 0. The molecule has 0 aliphatic carbocycles. The minimum atomic E-state index is -0.234. The topological polar surface area (TPSA) is 25.8 Å². The van der Waals surface area contributed by atoms with Crippen molar-refractivity contribution in [1.29, 1.82) is 0 Å². The van der Waals surface area contributed by atoms with Gasteiger partial charge in [-0.3, -0.25) is 0 Å². The molecule has 0 bridgehead atoms. The monoisotopic (exact) mass is 414 g/mol.